The molecule has 0 saturated heterocycles. The van der Waals surface area contributed by atoms with Gasteiger partial charge in [-0.2, -0.15) is 4.98 Å². The van der Waals surface area contributed by atoms with E-state index < -0.39 is 0 Å². The Hall–Kier alpha value is -3.55. The fraction of sp³-hybridized carbons (Fsp3) is 0.250. The van der Waals surface area contributed by atoms with Crippen LogP contribution in [0.5, 0.6) is 17.2 Å². The minimum absolute atomic E-state index is 0.246. The average Bonchev–Trinajstić information content (AvgIpc) is 3.22. The monoisotopic (exact) mass is 383 g/mol. The van der Waals surface area contributed by atoms with Crippen LogP contribution in [0.25, 0.3) is 11.4 Å². The molecule has 0 spiro atoms. The summed E-state index contributed by atoms with van der Waals surface area (Å²) in [7, 11) is 4.67. The largest absolute Gasteiger partial charge is 0.497 e. The third-order valence-corrected chi connectivity index (χ3v) is 4.03. The van der Waals surface area contributed by atoms with Crippen LogP contribution < -0.4 is 19.5 Å². The molecule has 1 heterocycles. The van der Waals surface area contributed by atoms with E-state index in [0.29, 0.717) is 47.5 Å². The number of carbonyl (C=O) groups is 1. The van der Waals surface area contributed by atoms with E-state index in [1.165, 1.54) is 14.2 Å². The van der Waals surface area contributed by atoms with E-state index in [9.17, 15) is 4.79 Å². The molecule has 0 radical (unpaired) electrons. The van der Waals surface area contributed by atoms with Crippen molar-refractivity contribution in [3.05, 3.63) is 53.9 Å². The molecule has 146 valence electrons. The van der Waals surface area contributed by atoms with E-state index >= 15 is 0 Å². The second-order valence-corrected chi connectivity index (χ2v) is 5.85. The quantitative estimate of drug-likeness (QED) is 0.639. The average molecular weight is 383 g/mol. The molecule has 0 fully saturated rings. The Morgan fingerprint density at radius 1 is 1.00 bits per heavy atom. The maximum Gasteiger partial charge on any atom is 0.251 e. The number of methoxy groups -OCH3 is 3. The summed E-state index contributed by atoms with van der Waals surface area (Å²) in [5, 5.41) is 6.80. The van der Waals surface area contributed by atoms with Crippen molar-refractivity contribution in [3.8, 4) is 28.6 Å². The lowest BCUT2D eigenvalue weighted by Gasteiger charge is -2.08. The molecule has 3 rings (SSSR count). The van der Waals surface area contributed by atoms with Gasteiger partial charge in [0.2, 0.25) is 11.7 Å². The number of rotatable bonds is 8. The second kappa shape index (κ2) is 8.90. The van der Waals surface area contributed by atoms with E-state index in [0.717, 1.165) is 5.56 Å². The van der Waals surface area contributed by atoms with Crippen LogP contribution in [0.4, 0.5) is 0 Å². The number of nitrogens with zero attached hydrogens (tertiary/aromatic N) is 2. The number of nitrogens with one attached hydrogen (secondary N) is 1. The van der Waals surface area contributed by atoms with Gasteiger partial charge in [0.1, 0.15) is 17.2 Å². The Balaban J connectivity index is 1.59. The van der Waals surface area contributed by atoms with Crippen LogP contribution in [-0.4, -0.2) is 43.9 Å². The standard InChI is InChI=1S/C20H21N3O5/c1-25-15-6-4-5-13(9-15)19-22-18(28-23-19)7-8-21-20(24)14-10-16(26-2)12-17(11-14)27-3/h4-6,9-12H,7-8H2,1-3H3,(H,21,24). The zero-order valence-corrected chi connectivity index (χ0v) is 15.9. The van der Waals surface area contributed by atoms with Gasteiger partial charge in [0, 0.05) is 30.2 Å². The predicted octanol–water partition coefficient (Wildman–Crippen LogP) is 2.73. The summed E-state index contributed by atoms with van der Waals surface area (Å²) in [6.45, 7) is 0.345. The summed E-state index contributed by atoms with van der Waals surface area (Å²) in [4.78, 5) is 16.7. The molecule has 0 aliphatic rings. The smallest absolute Gasteiger partial charge is 0.251 e. The highest BCUT2D eigenvalue weighted by molar-refractivity contribution is 5.95. The third kappa shape index (κ3) is 4.59. The van der Waals surface area contributed by atoms with Crippen molar-refractivity contribution in [2.45, 2.75) is 6.42 Å². The van der Waals surface area contributed by atoms with Gasteiger partial charge in [-0.15, -0.1) is 0 Å². The molecule has 2 aromatic carbocycles. The number of hydrogen-bond donors (Lipinski definition) is 1. The Morgan fingerprint density at radius 2 is 1.71 bits per heavy atom. The van der Waals surface area contributed by atoms with Crippen molar-refractivity contribution in [3.63, 3.8) is 0 Å². The molecular formula is C20H21N3O5. The van der Waals surface area contributed by atoms with Gasteiger partial charge in [-0.25, -0.2) is 0 Å². The molecule has 8 heteroatoms. The molecule has 1 aromatic heterocycles. The normalized spacial score (nSPS) is 10.4. The first kappa shape index (κ1) is 19.2. The van der Waals surface area contributed by atoms with Crippen LogP contribution in [-0.2, 0) is 6.42 Å². The van der Waals surface area contributed by atoms with E-state index in [-0.39, 0.29) is 5.91 Å². The molecule has 3 aromatic rings. The molecule has 28 heavy (non-hydrogen) atoms. The molecule has 0 atom stereocenters. The van der Waals surface area contributed by atoms with Gasteiger partial charge in [0.15, 0.2) is 0 Å². The Labute approximate surface area is 162 Å². The first-order valence-corrected chi connectivity index (χ1v) is 8.61. The summed E-state index contributed by atoms with van der Waals surface area (Å²) in [5.41, 5.74) is 1.24. The van der Waals surface area contributed by atoms with Crippen molar-refractivity contribution < 1.29 is 23.5 Å². The van der Waals surface area contributed by atoms with E-state index in [1.807, 2.05) is 24.3 Å². The van der Waals surface area contributed by atoms with Gasteiger partial charge >= 0.3 is 0 Å². The first-order valence-electron chi connectivity index (χ1n) is 8.61. The van der Waals surface area contributed by atoms with E-state index in [1.54, 1.807) is 25.3 Å². The second-order valence-electron chi connectivity index (χ2n) is 5.85. The number of ether oxygens (including phenoxy) is 3. The molecule has 1 N–H and O–H groups in total. The predicted molar refractivity (Wildman–Crippen MR) is 102 cm³/mol. The van der Waals surface area contributed by atoms with Crippen LogP contribution in [0.15, 0.2) is 47.0 Å². The Bertz CT molecular complexity index is 932. The topological polar surface area (TPSA) is 95.7 Å². The van der Waals surface area contributed by atoms with Crippen LogP contribution in [0.2, 0.25) is 0 Å². The summed E-state index contributed by atoms with van der Waals surface area (Å²) >= 11 is 0. The highest BCUT2D eigenvalue weighted by atomic mass is 16.5. The molecule has 0 saturated carbocycles. The zero-order chi connectivity index (χ0) is 19.9. The van der Waals surface area contributed by atoms with Crippen LogP contribution in [0, 0.1) is 0 Å². The van der Waals surface area contributed by atoms with Crippen molar-refractivity contribution in [2.75, 3.05) is 27.9 Å². The highest BCUT2D eigenvalue weighted by Crippen LogP contribution is 2.23. The maximum atomic E-state index is 12.4. The minimum Gasteiger partial charge on any atom is -0.497 e. The number of hydrogen-bond acceptors (Lipinski definition) is 7. The van der Waals surface area contributed by atoms with Crippen LogP contribution >= 0.6 is 0 Å². The summed E-state index contributed by atoms with van der Waals surface area (Å²) in [6, 6.07) is 12.4. The molecule has 0 aliphatic carbocycles. The number of carbonyl (C=O) groups excluding carboxylic acids is 1. The Kier molecular flexibility index (Phi) is 6.11. The zero-order valence-electron chi connectivity index (χ0n) is 15.9. The molecule has 8 nitrogen and oxygen atoms in total. The lowest BCUT2D eigenvalue weighted by molar-refractivity contribution is 0.0952. The summed E-state index contributed by atoms with van der Waals surface area (Å²) in [6.07, 6.45) is 0.407. The van der Waals surface area contributed by atoms with Gasteiger partial charge in [-0.05, 0) is 24.3 Å². The Morgan fingerprint density at radius 3 is 2.39 bits per heavy atom. The molecule has 1 amide bonds. The van der Waals surface area contributed by atoms with Gasteiger partial charge in [-0.1, -0.05) is 17.3 Å². The van der Waals surface area contributed by atoms with Gasteiger partial charge in [0.25, 0.3) is 5.91 Å². The minimum atomic E-state index is -0.246. The van der Waals surface area contributed by atoms with Crippen LogP contribution in [0.3, 0.4) is 0 Å². The van der Waals surface area contributed by atoms with Crippen molar-refractivity contribution in [2.24, 2.45) is 0 Å². The summed E-state index contributed by atoms with van der Waals surface area (Å²) in [5.74, 6) is 2.46. The third-order valence-electron chi connectivity index (χ3n) is 4.03. The van der Waals surface area contributed by atoms with Gasteiger partial charge < -0.3 is 24.1 Å². The SMILES string of the molecule is COc1cc(OC)cc(C(=O)NCCc2nc(-c3cccc(OC)c3)no2)c1. The van der Waals surface area contributed by atoms with E-state index in [2.05, 4.69) is 15.5 Å². The molecule has 0 aliphatic heterocycles. The van der Waals surface area contributed by atoms with Gasteiger partial charge in [-0.3, -0.25) is 4.79 Å². The lowest BCUT2D eigenvalue weighted by atomic mass is 10.2. The summed E-state index contributed by atoms with van der Waals surface area (Å²) < 4.78 is 20.8. The molecule has 0 unspecified atom stereocenters. The van der Waals surface area contributed by atoms with Gasteiger partial charge in [0.05, 0.1) is 21.3 Å². The van der Waals surface area contributed by atoms with Crippen LogP contribution in [0.1, 0.15) is 16.2 Å². The number of amides is 1. The van der Waals surface area contributed by atoms with E-state index in [4.69, 9.17) is 18.7 Å². The van der Waals surface area contributed by atoms with Crippen molar-refractivity contribution in [1.29, 1.82) is 0 Å². The maximum absolute atomic E-state index is 12.4. The fourth-order valence-corrected chi connectivity index (χ4v) is 2.56. The first-order chi connectivity index (χ1) is 13.6. The van der Waals surface area contributed by atoms with Crippen molar-refractivity contribution >= 4 is 5.91 Å². The number of aromatic nitrogens is 2. The highest BCUT2D eigenvalue weighted by Gasteiger charge is 2.12. The molecule has 0 bridgehead atoms. The number of benzene rings is 2. The lowest BCUT2D eigenvalue weighted by Crippen LogP contribution is -2.25. The fourth-order valence-electron chi connectivity index (χ4n) is 2.56. The molecular weight excluding hydrogens is 362 g/mol. The van der Waals surface area contributed by atoms with Crippen molar-refractivity contribution in [1.82, 2.24) is 15.5 Å².